The molecule has 6 N–H and O–H groups in total. The number of nitrogens with one attached hydrogen (secondary N) is 2. The minimum atomic E-state index is -1.58. The lowest BCUT2D eigenvalue weighted by Gasteiger charge is -2.14. The molecule has 0 saturated carbocycles. The number of hydrogen-bond donors (Lipinski definition) is 6. The van der Waals surface area contributed by atoms with Gasteiger partial charge in [0.25, 0.3) is 11.8 Å². The van der Waals surface area contributed by atoms with Crippen molar-refractivity contribution in [3.05, 3.63) is 0 Å². The minimum absolute atomic E-state index is 0.768. The number of carbonyl (C=O) groups is 2. The molecule has 0 radical (unpaired) electrons. The summed E-state index contributed by atoms with van der Waals surface area (Å²) in [4.78, 5) is 29.3. The Kier molecular flexibility index (Phi) is 9.36. The zero-order valence-electron chi connectivity index (χ0n) is 11.5. The van der Waals surface area contributed by atoms with E-state index in [1.807, 2.05) is 10.6 Å². The fourth-order valence-electron chi connectivity index (χ4n) is 1.04. The maximum absolute atomic E-state index is 11.5. The number of aliphatic imine (C=N–C) groups is 2. The van der Waals surface area contributed by atoms with Crippen LogP contribution in [0, 0.1) is 0 Å². The van der Waals surface area contributed by atoms with Crippen LogP contribution in [0.3, 0.4) is 0 Å². The second-order valence-electron chi connectivity index (χ2n) is 3.76. The van der Waals surface area contributed by atoms with Gasteiger partial charge in [-0.25, -0.2) is 9.98 Å². The molecule has 124 valence electrons. The first-order valence-electron chi connectivity index (χ1n) is 5.89. The maximum atomic E-state index is 11.5. The fraction of sp³-hybridized carbons (Fsp3) is 0.600. The second kappa shape index (κ2) is 10.4. The molecule has 12 heteroatoms. The normalized spacial score (nSPS) is 16.4. The van der Waals surface area contributed by atoms with Crippen LogP contribution in [0.5, 0.6) is 0 Å². The number of hydrogen-bond acceptors (Lipinski definition) is 10. The van der Waals surface area contributed by atoms with Gasteiger partial charge in [0.2, 0.25) is 12.7 Å². The van der Waals surface area contributed by atoms with Gasteiger partial charge in [-0.2, -0.15) is 10.2 Å². The number of amides is 2. The molecule has 0 spiro atoms. The Hall–Kier alpha value is -2.28. The van der Waals surface area contributed by atoms with Crippen molar-refractivity contribution >= 4 is 25.2 Å². The van der Waals surface area contributed by atoms with Gasteiger partial charge in [0.15, 0.2) is 12.1 Å². The third-order valence-electron chi connectivity index (χ3n) is 2.19. The van der Waals surface area contributed by atoms with E-state index in [1.54, 1.807) is 0 Å². The van der Waals surface area contributed by atoms with Crippen molar-refractivity contribution in [1.82, 2.24) is 10.6 Å². The SMILES string of the molecule is C=NC(O)NC(=O)C(CO)N=NC(CO)C(=O)NC(O)N=C. The van der Waals surface area contributed by atoms with Crippen molar-refractivity contribution in [1.29, 1.82) is 0 Å². The molecule has 4 unspecified atom stereocenters. The van der Waals surface area contributed by atoms with Crippen LogP contribution >= 0.6 is 0 Å². The molecule has 0 aliphatic rings. The average molecular weight is 318 g/mol. The van der Waals surface area contributed by atoms with Crippen LogP contribution in [0.4, 0.5) is 0 Å². The molecule has 22 heavy (non-hydrogen) atoms. The number of carbonyl (C=O) groups excluding carboxylic acids is 2. The monoisotopic (exact) mass is 318 g/mol. The molecule has 0 fully saturated rings. The minimum Gasteiger partial charge on any atom is -0.394 e. The predicted molar refractivity (Wildman–Crippen MR) is 74.0 cm³/mol. The van der Waals surface area contributed by atoms with Crippen LogP contribution < -0.4 is 10.6 Å². The lowest BCUT2D eigenvalue weighted by atomic mass is 10.3. The largest absolute Gasteiger partial charge is 0.394 e. The Labute approximate surface area is 125 Å². The third-order valence-corrected chi connectivity index (χ3v) is 2.19. The molecule has 0 aromatic heterocycles. The lowest BCUT2D eigenvalue weighted by molar-refractivity contribution is -0.127. The molecule has 12 nitrogen and oxygen atoms in total. The van der Waals surface area contributed by atoms with Crippen LogP contribution in [0.2, 0.25) is 0 Å². The van der Waals surface area contributed by atoms with E-state index < -0.39 is 49.8 Å². The van der Waals surface area contributed by atoms with E-state index in [2.05, 4.69) is 33.6 Å². The van der Waals surface area contributed by atoms with E-state index in [1.165, 1.54) is 0 Å². The average Bonchev–Trinajstić information content (AvgIpc) is 2.50. The van der Waals surface area contributed by atoms with Gasteiger partial charge in [0.05, 0.1) is 13.2 Å². The summed E-state index contributed by atoms with van der Waals surface area (Å²) in [6, 6.07) is -2.86. The van der Waals surface area contributed by atoms with Crippen molar-refractivity contribution in [3.8, 4) is 0 Å². The van der Waals surface area contributed by atoms with Gasteiger partial charge in [-0.3, -0.25) is 9.59 Å². The van der Waals surface area contributed by atoms with Crippen LogP contribution in [-0.2, 0) is 9.59 Å². The van der Waals surface area contributed by atoms with Gasteiger partial charge in [-0.15, -0.1) is 0 Å². The van der Waals surface area contributed by atoms with Crippen LogP contribution in [0.1, 0.15) is 0 Å². The molecular weight excluding hydrogens is 300 g/mol. The number of nitrogens with zero attached hydrogens (tertiary/aromatic N) is 4. The lowest BCUT2D eigenvalue weighted by Crippen LogP contribution is -2.42. The van der Waals surface area contributed by atoms with Crippen molar-refractivity contribution < 1.29 is 30.0 Å². The summed E-state index contributed by atoms with van der Waals surface area (Å²) < 4.78 is 0. The molecular formula is C10H18N6O6. The molecule has 2 amide bonds. The first-order chi connectivity index (χ1) is 10.4. The van der Waals surface area contributed by atoms with Crippen LogP contribution in [0.15, 0.2) is 20.2 Å². The molecule has 0 bridgehead atoms. The molecule has 0 saturated heterocycles. The molecule has 0 aliphatic heterocycles. The van der Waals surface area contributed by atoms with Gasteiger partial charge in [-0.1, -0.05) is 0 Å². The highest BCUT2D eigenvalue weighted by atomic mass is 16.3. The van der Waals surface area contributed by atoms with Crippen molar-refractivity contribution in [2.45, 2.75) is 24.8 Å². The Balaban J connectivity index is 4.77. The Bertz CT molecular complexity index is 392. The topological polar surface area (TPSA) is 189 Å². The first kappa shape index (κ1) is 19.7. The Morgan fingerprint density at radius 3 is 1.41 bits per heavy atom. The molecule has 0 aromatic rings. The second-order valence-corrected chi connectivity index (χ2v) is 3.76. The predicted octanol–water partition coefficient (Wildman–Crippen LogP) is -3.65. The highest BCUT2D eigenvalue weighted by Gasteiger charge is 2.22. The van der Waals surface area contributed by atoms with E-state index in [4.69, 9.17) is 20.4 Å². The summed E-state index contributed by atoms with van der Waals surface area (Å²) in [7, 11) is 0. The maximum Gasteiger partial charge on any atom is 0.252 e. The Morgan fingerprint density at radius 1 is 0.864 bits per heavy atom. The summed E-state index contributed by atoms with van der Waals surface area (Å²) in [5.74, 6) is -1.84. The van der Waals surface area contributed by atoms with E-state index in [0.717, 1.165) is 0 Å². The quantitative estimate of drug-likeness (QED) is 0.137. The van der Waals surface area contributed by atoms with Gasteiger partial charge in [0, 0.05) is 0 Å². The van der Waals surface area contributed by atoms with E-state index in [9.17, 15) is 9.59 Å². The first-order valence-corrected chi connectivity index (χ1v) is 5.89. The summed E-state index contributed by atoms with van der Waals surface area (Å²) in [5, 5.41) is 46.8. The number of aliphatic hydroxyl groups is 4. The van der Waals surface area contributed by atoms with E-state index in [0.29, 0.717) is 0 Å². The van der Waals surface area contributed by atoms with Gasteiger partial charge in [0.1, 0.15) is 0 Å². The van der Waals surface area contributed by atoms with Crippen LogP contribution in [-0.4, -0.2) is 83.7 Å². The standard InChI is InChI=1S/C10H18N6O6/c1-11-9(21)13-7(19)5(3-17)15-16-6(4-18)8(20)14-10(22)12-2/h5-6,9-10,17-18,21-22H,1-4H2,(H,13,19)(H,14,20). The molecule has 4 atom stereocenters. The van der Waals surface area contributed by atoms with Crippen molar-refractivity contribution in [3.63, 3.8) is 0 Å². The fourth-order valence-corrected chi connectivity index (χ4v) is 1.04. The zero-order chi connectivity index (χ0) is 17.1. The highest BCUT2D eigenvalue weighted by molar-refractivity contribution is 5.83. The zero-order valence-corrected chi connectivity index (χ0v) is 11.5. The van der Waals surface area contributed by atoms with E-state index >= 15 is 0 Å². The number of azo groups is 1. The number of rotatable bonds is 10. The molecule has 0 rings (SSSR count). The summed E-state index contributed by atoms with van der Waals surface area (Å²) in [6.07, 6.45) is -3.16. The van der Waals surface area contributed by atoms with Crippen molar-refractivity contribution in [2.24, 2.45) is 20.2 Å². The molecule has 0 aromatic carbocycles. The molecule has 0 aliphatic carbocycles. The third kappa shape index (κ3) is 6.94. The summed E-state index contributed by atoms with van der Waals surface area (Å²) >= 11 is 0. The van der Waals surface area contributed by atoms with Crippen LogP contribution in [0.25, 0.3) is 0 Å². The van der Waals surface area contributed by atoms with Gasteiger partial charge >= 0.3 is 0 Å². The van der Waals surface area contributed by atoms with Gasteiger partial charge < -0.3 is 31.1 Å². The highest BCUT2D eigenvalue weighted by Crippen LogP contribution is 1.99. The summed E-state index contributed by atoms with van der Waals surface area (Å²) in [5.41, 5.74) is 0. The van der Waals surface area contributed by atoms with Crippen molar-refractivity contribution in [2.75, 3.05) is 13.2 Å². The Morgan fingerprint density at radius 2 is 1.18 bits per heavy atom. The smallest absolute Gasteiger partial charge is 0.252 e. The summed E-state index contributed by atoms with van der Waals surface area (Å²) in [6.45, 7) is 4.44. The number of aliphatic hydroxyl groups excluding tert-OH is 4. The van der Waals surface area contributed by atoms with E-state index in [-0.39, 0.29) is 0 Å². The molecule has 0 heterocycles. The van der Waals surface area contributed by atoms with Gasteiger partial charge in [-0.05, 0) is 13.4 Å².